The molecule has 1 atom stereocenters. The van der Waals surface area contributed by atoms with Crippen molar-refractivity contribution in [3.63, 3.8) is 0 Å². The van der Waals surface area contributed by atoms with Crippen LogP contribution in [0.1, 0.15) is 25.3 Å². The molecule has 1 fully saturated rings. The van der Waals surface area contributed by atoms with Crippen LogP contribution in [-0.2, 0) is 26.0 Å². The first-order valence-electron chi connectivity index (χ1n) is 7.71. The van der Waals surface area contributed by atoms with Crippen molar-refractivity contribution in [2.75, 3.05) is 18.1 Å². The van der Waals surface area contributed by atoms with Gasteiger partial charge >= 0.3 is 0 Å². The first kappa shape index (κ1) is 17.5. The van der Waals surface area contributed by atoms with Crippen LogP contribution >= 0.6 is 0 Å². The van der Waals surface area contributed by atoms with Crippen molar-refractivity contribution in [1.29, 1.82) is 0 Å². The number of benzene rings is 1. The van der Waals surface area contributed by atoms with Crippen molar-refractivity contribution >= 4 is 21.7 Å². The zero-order chi connectivity index (χ0) is 16.9. The molecule has 23 heavy (non-hydrogen) atoms. The van der Waals surface area contributed by atoms with Crippen molar-refractivity contribution in [2.24, 2.45) is 0 Å². The Kier molecular flexibility index (Phi) is 5.76. The van der Waals surface area contributed by atoms with Crippen molar-refractivity contribution in [1.82, 2.24) is 10.2 Å². The molecule has 1 N–H and O–H groups in total. The Morgan fingerprint density at radius 1 is 1.26 bits per heavy atom. The van der Waals surface area contributed by atoms with Crippen molar-refractivity contribution in [3.8, 4) is 0 Å². The zero-order valence-corrected chi connectivity index (χ0v) is 14.0. The van der Waals surface area contributed by atoms with Gasteiger partial charge in [-0.15, -0.1) is 0 Å². The fourth-order valence-corrected chi connectivity index (χ4v) is 4.29. The Balaban J connectivity index is 1.85. The van der Waals surface area contributed by atoms with Crippen LogP contribution < -0.4 is 5.32 Å². The van der Waals surface area contributed by atoms with Gasteiger partial charge in [-0.3, -0.25) is 9.59 Å². The van der Waals surface area contributed by atoms with Gasteiger partial charge in [-0.25, -0.2) is 8.42 Å². The van der Waals surface area contributed by atoms with E-state index >= 15 is 0 Å². The average molecular weight is 338 g/mol. The molecule has 1 saturated heterocycles. The van der Waals surface area contributed by atoms with E-state index < -0.39 is 15.7 Å². The van der Waals surface area contributed by atoms with Gasteiger partial charge in [0.25, 0.3) is 0 Å². The van der Waals surface area contributed by atoms with Crippen LogP contribution in [0, 0.1) is 0 Å². The first-order chi connectivity index (χ1) is 10.9. The molecular formula is C16H22N2O4S. The second kappa shape index (κ2) is 7.59. The Morgan fingerprint density at radius 3 is 2.52 bits per heavy atom. The number of rotatable bonds is 6. The van der Waals surface area contributed by atoms with Gasteiger partial charge in [0.1, 0.15) is 6.42 Å². The second-order valence-corrected chi connectivity index (χ2v) is 7.97. The van der Waals surface area contributed by atoms with Crippen molar-refractivity contribution in [2.45, 2.75) is 32.4 Å². The SMILES string of the molecule is CCN(Cc1ccccc1)C(=O)CC(=O)NC1CCS(=O)(=O)C1. The first-order valence-corrected chi connectivity index (χ1v) is 9.53. The third-order valence-corrected chi connectivity index (χ3v) is 5.63. The molecule has 0 saturated carbocycles. The van der Waals surface area contributed by atoms with Crippen molar-refractivity contribution in [3.05, 3.63) is 35.9 Å². The molecule has 6 nitrogen and oxygen atoms in total. The van der Waals surface area contributed by atoms with Crippen molar-refractivity contribution < 1.29 is 18.0 Å². The molecule has 0 aromatic heterocycles. The highest BCUT2D eigenvalue weighted by molar-refractivity contribution is 7.91. The molecule has 0 aliphatic carbocycles. The molecule has 1 aliphatic heterocycles. The summed E-state index contributed by atoms with van der Waals surface area (Å²) in [6, 6.07) is 9.20. The van der Waals surface area contributed by atoms with E-state index in [1.165, 1.54) is 0 Å². The Hall–Kier alpha value is -1.89. The number of carbonyl (C=O) groups excluding carboxylic acids is 2. The molecule has 1 heterocycles. The summed E-state index contributed by atoms with van der Waals surface area (Å²) in [5, 5.41) is 2.64. The van der Waals surface area contributed by atoms with E-state index in [4.69, 9.17) is 0 Å². The highest BCUT2D eigenvalue weighted by atomic mass is 32.2. The monoisotopic (exact) mass is 338 g/mol. The smallest absolute Gasteiger partial charge is 0.232 e. The van der Waals surface area contributed by atoms with E-state index in [1.807, 2.05) is 37.3 Å². The minimum atomic E-state index is -3.04. The number of sulfone groups is 1. The number of hydrogen-bond acceptors (Lipinski definition) is 4. The third-order valence-electron chi connectivity index (χ3n) is 3.86. The minimum Gasteiger partial charge on any atom is -0.352 e. The van der Waals surface area contributed by atoms with Gasteiger partial charge in [-0.1, -0.05) is 30.3 Å². The summed E-state index contributed by atoms with van der Waals surface area (Å²) in [6.07, 6.45) is 0.168. The maximum atomic E-state index is 12.2. The molecule has 0 bridgehead atoms. The van der Waals surface area contributed by atoms with Gasteiger partial charge in [0, 0.05) is 19.1 Å². The molecule has 1 aromatic rings. The maximum absolute atomic E-state index is 12.2. The van der Waals surface area contributed by atoms with Gasteiger partial charge in [-0.2, -0.15) is 0 Å². The fourth-order valence-electron chi connectivity index (χ4n) is 2.62. The molecule has 1 unspecified atom stereocenters. The highest BCUT2D eigenvalue weighted by Crippen LogP contribution is 2.12. The third kappa shape index (κ3) is 5.35. The minimum absolute atomic E-state index is 0.0333. The number of hydrogen-bond donors (Lipinski definition) is 1. The lowest BCUT2D eigenvalue weighted by atomic mass is 10.2. The second-order valence-electron chi connectivity index (χ2n) is 5.74. The van der Waals surface area contributed by atoms with Gasteiger partial charge in [0.05, 0.1) is 11.5 Å². The number of nitrogens with one attached hydrogen (secondary N) is 1. The average Bonchev–Trinajstić information content (AvgIpc) is 2.84. The number of nitrogens with zero attached hydrogens (tertiary/aromatic N) is 1. The van der Waals surface area contributed by atoms with E-state index in [2.05, 4.69) is 5.32 Å². The molecular weight excluding hydrogens is 316 g/mol. The summed E-state index contributed by atoms with van der Waals surface area (Å²) in [5.41, 5.74) is 1.00. The van der Waals surface area contributed by atoms with E-state index in [0.717, 1.165) is 5.56 Å². The molecule has 1 aromatic carbocycles. The number of carbonyl (C=O) groups is 2. The molecule has 7 heteroatoms. The quantitative estimate of drug-likeness (QED) is 0.775. The lowest BCUT2D eigenvalue weighted by Crippen LogP contribution is -2.40. The molecule has 1 aliphatic rings. The van der Waals surface area contributed by atoms with Crippen LogP contribution in [0.15, 0.2) is 30.3 Å². The van der Waals surface area contributed by atoms with Gasteiger partial charge in [0.2, 0.25) is 11.8 Å². The zero-order valence-electron chi connectivity index (χ0n) is 13.2. The summed E-state index contributed by atoms with van der Waals surface area (Å²) >= 11 is 0. The molecule has 126 valence electrons. The molecule has 2 amide bonds. The molecule has 2 rings (SSSR count). The lowest BCUT2D eigenvalue weighted by molar-refractivity contribution is -0.136. The molecule has 0 spiro atoms. The van der Waals surface area contributed by atoms with E-state index in [1.54, 1.807) is 4.90 Å². The Morgan fingerprint density at radius 2 is 1.96 bits per heavy atom. The van der Waals surface area contributed by atoms with Crippen LogP contribution in [0.2, 0.25) is 0 Å². The molecule has 0 radical (unpaired) electrons. The largest absolute Gasteiger partial charge is 0.352 e. The fraction of sp³-hybridized carbons (Fsp3) is 0.500. The Bertz CT molecular complexity index is 658. The predicted octanol–water partition coefficient (Wildman–Crippen LogP) is 0.729. The summed E-state index contributed by atoms with van der Waals surface area (Å²) in [4.78, 5) is 25.8. The standard InChI is InChI=1S/C16H22N2O4S/c1-2-18(11-13-6-4-3-5-7-13)16(20)10-15(19)17-14-8-9-23(21,22)12-14/h3-7,14H,2,8-12H2,1H3,(H,17,19). The normalized spacial score (nSPS) is 19.3. The van der Waals surface area contributed by atoms with E-state index in [-0.39, 0.29) is 29.9 Å². The summed E-state index contributed by atoms with van der Waals surface area (Å²) in [5.74, 6) is -0.603. The Labute approximate surface area is 136 Å². The van der Waals surface area contributed by atoms with E-state index in [9.17, 15) is 18.0 Å². The van der Waals surface area contributed by atoms with Crippen LogP contribution in [0.25, 0.3) is 0 Å². The summed E-state index contributed by atoms with van der Waals surface area (Å²) < 4.78 is 22.8. The lowest BCUT2D eigenvalue weighted by Gasteiger charge is -2.21. The van der Waals surface area contributed by atoms with Crippen LogP contribution in [0.4, 0.5) is 0 Å². The predicted molar refractivity (Wildman–Crippen MR) is 87.4 cm³/mol. The topological polar surface area (TPSA) is 83.6 Å². The van der Waals surface area contributed by atoms with Crippen LogP contribution in [-0.4, -0.2) is 49.2 Å². The summed E-state index contributed by atoms with van der Waals surface area (Å²) in [6.45, 7) is 2.84. The van der Waals surface area contributed by atoms with Crippen LogP contribution in [0.3, 0.4) is 0 Å². The number of amides is 2. The maximum Gasteiger partial charge on any atom is 0.232 e. The highest BCUT2D eigenvalue weighted by Gasteiger charge is 2.29. The van der Waals surface area contributed by atoms with Gasteiger partial charge in [-0.05, 0) is 18.9 Å². The summed E-state index contributed by atoms with van der Waals surface area (Å²) in [7, 11) is -3.04. The van der Waals surface area contributed by atoms with Crippen LogP contribution in [0.5, 0.6) is 0 Å². The van der Waals surface area contributed by atoms with Gasteiger partial charge < -0.3 is 10.2 Å². The van der Waals surface area contributed by atoms with E-state index in [0.29, 0.717) is 19.5 Å². The van der Waals surface area contributed by atoms with Gasteiger partial charge in [0.15, 0.2) is 9.84 Å².